The first kappa shape index (κ1) is 21.4. The number of methoxy groups -OCH3 is 2. The quantitative estimate of drug-likeness (QED) is 0.731. The monoisotopic (exact) mass is 392 g/mol. The summed E-state index contributed by atoms with van der Waals surface area (Å²) in [4.78, 5) is 23.4. The van der Waals surface area contributed by atoms with Crippen molar-refractivity contribution in [1.82, 2.24) is 4.31 Å². The summed E-state index contributed by atoms with van der Waals surface area (Å²) in [7, 11) is -1.61. The van der Waals surface area contributed by atoms with Crippen molar-refractivity contribution in [2.75, 3.05) is 33.9 Å². The molecule has 0 radical (unpaired) electrons. The van der Waals surface area contributed by atoms with Gasteiger partial charge in [0.2, 0.25) is 10.0 Å². The Morgan fingerprint density at radius 3 is 2.40 bits per heavy atom. The zero-order valence-corrected chi connectivity index (χ0v) is 15.6. The molecule has 1 atom stereocenters. The van der Waals surface area contributed by atoms with E-state index in [1.165, 1.54) is 23.5 Å². The van der Waals surface area contributed by atoms with Gasteiger partial charge in [-0.25, -0.2) is 18.0 Å². The average Bonchev–Trinajstić information content (AvgIpc) is 3.09. The molecule has 1 aliphatic heterocycles. The van der Waals surface area contributed by atoms with E-state index in [-0.39, 0.29) is 40.9 Å². The van der Waals surface area contributed by atoms with Crippen molar-refractivity contribution >= 4 is 34.4 Å². The van der Waals surface area contributed by atoms with Crippen LogP contribution in [0.25, 0.3) is 0 Å². The molecule has 0 bridgehead atoms. The van der Waals surface area contributed by atoms with Crippen LogP contribution >= 0.6 is 12.4 Å². The van der Waals surface area contributed by atoms with E-state index in [4.69, 9.17) is 5.73 Å². The highest BCUT2D eigenvalue weighted by atomic mass is 35.5. The minimum Gasteiger partial charge on any atom is -0.465 e. The van der Waals surface area contributed by atoms with Crippen LogP contribution < -0.4 is 5.73 Å². The molecule has 1 heterocycles. The number of carbonyl (C=O) groups is 2. The molecule has 0 aromatic heterocycles. The molecule has 1 unspecified atom stereocenters. The number of halogens is 1. The fourth-order valence-electron chi connectivity index (χ4n) is 2.61. The molecular formula is C15H21ClN2O6S. The van der Waals surface area contributed by atoms with Crippen molar-refractivity contribution in [1.29, 1.82) is 0 Å². The van der Waals surface area contributed by atoms with Gasteiger partial charge in [0.05, 0.1) is 30.2 Å². The smallest absolute Gasteiger partial charge is 0.339 e. The summed E-state index contributed by atoms with van der Waals surface area (Å²) in [6, 6.07) is 3.72. The molecule has 10 heteroatoms. The van der Waals surface area contributed by atoms with Gasteiger partial charge in [-0.3, -0.25) is 0 Å². The Morgan fingerprint density at radius 2 is 1.88 bits per heavy atom. The maximum Gasteiger partial charge on any atom is 0.339 e. The molecule has 1 saturated heterocycles. The van der Waals surface area contributed by atoms with Crippen molar-refractivity contribution < 1.29 is 27.5 Å². The molecule has 0 amide bonds. The third kappa shape index (κ3) is 4.30. The number of ether oxygens (including phenoxy) is 2. The zero-order valence-electron chi connectivity index (χ0n) is 13.9. The molecular weight excluding hydrogens is 372 g/mol. The third-order valence-corrected chi connectivity index (χ3v) is 5.91. The summed E-state index contributed by atoms with van der Waals surface area (Å²) >= 11 is 0. The molecule has 1 fully saturated rings. The van der Waals surface area contributed by atoms with E-state index in [2.05, 4.69) is 9.47 Å². The largest absolute Gasteiger partial charge is 0.465 e. The third-order valence-electron chi connectivity index (χ3n) is 4.01. The Kier molecular flexibility index (Phi) is 7.36. The highest BCUT2D eigenvalue weighted by molar-refractivity contribution is 7.89. The lowest BCUT2D eigenvalue weighted by Crippen LogP contribution is -2.31. The Balaban J connectivity index is 0.00000312. The Hall–Kier alpha value is -1.68. The van der Waals surface area contributed by atoms with E-state index < -0.39 is 22.0 Å². The molecule has 2 N–H and O–H groups in total. The molecule has 1 aromatic rings. The SMILES string of the molecule is COC(=O)c1ccc(C(=O)OC)c(S(=O)(=O)N2CCC(CN)C2)c1.Cl. The number of esters is 2. The van der Waals surface area contributed by atoms with Gasteiger partial charge in [-0.15, -0.1) is 12.4 Å². The first-order valence-electron chi connectivity index (χ1n) is 7.36. The lowest BCUT2D eigenvalue weighted by atomic mass is 10.1. The van der Waals surface area contributed by atoms with Gasteiger partial charge in [-0.1, -0.05) is 0 Å². The minimum atomic E-state index is -3.96. The van der Waals surface area contributed by atoms with Gasteiger partial charge in [0.1, 0.15) is 0 Å². The molecule has 0 saturated carbocycles. The number of benzene rings is 1. The van der Waals surface area contributed by atoms with Crippen LogP contribution in [-0.4, -0.2) is 58.5 Å². The number of rotatable bonds is 5. The van der Waals surface area contributed by atoms with Crippen LogP contribution in [0.1, 0.15) is 27.1 Å². The van der Waals surface area contributed by atoms with Crippen LogP contribution in [-0.2, 0) is 19.5 Å². The standard InChI is InChI=1S/C15H20N2O6S.ClH/c1-22-14(18)11-3-4-12(15(19)23-2)13(7-11)24(20,21)17-6-5-10(8-16)9-17;/h3-4,7,10H,5-6,8-9,16H2,1-2H3;1H. The summed E-state index contributed by atoms with van der Waals surface area (Å²) in [6.45, 7) is 0.979. The van der Waals surface area contributed by atoms with Gasteiger partial charge in [0.25, 0.3) is 0 Å². The molecule has 1 aromatic carbocycles. The summed E-state index contributed by atoms with van der Waals surface area (Å²) in [5.41, 5.74) is 5.52. The Bertz CT molecular complexity index is 752. The van der Waals surface area contributed by atoms with Crippen LogP contribution in [0, 0.1) is 5.92 Å². The Labute approximate surface area is 152 Å². The first-order chi connectivity index (χ1) is 11.3. The number of carbonyl (C=O) groups excluding carboxylic acids is 2. The van der Waals surface area contributed by atoms with E-state index in [0.29, 0.717) is 19.5 Å². The van der Waals surface area contributed by atoms with Crippen LogP contribution in [0.3, 0.4) is 0 Å². The molecule has 140 valence electrons. The molecule has 2 rings (SSSR count). The van der Waals surface area contributed by atoms with Gasteiger partial charge in [-0.2, -0.15) is 4.31 Å². The zero-order chi connectivity index (χ0) is 17.9. The van der Waals surface area contributed by atoms with Crippen LogP contribution in [0.2, 0.25) is 0 Å². The van der Waals surface area contributed by atoms with E-state index in [9.17, 15) is 18.0 Å². The maximum absolute atomic E-state index is 12.9. The van der Waals surface area contributed by atoms with E-state index >= 15 is 0 Å². The summed E-state index contributed by atoms with van der Waals surface area (Å²) in [5, 5.41) is 0. The van der Waals surface area contributed by atoms with Crippen molar-refractivity contribution in [3.05, 3.63) is 29.3 Å². The number of hydrogen-bond acceptors (Lipinski definition) is 7. The average molecular weight is 393 g/mol. The molecule has 1 aliphatic rings. The number of nitrogens with zero attached hydrogens (tertiary/aromatic N) is 1. The summed E-state index contributed by atoms with van der Waals surface area (Å²) in [5.74, 6) is -1.41. The second kappa shape index (κ2) is 8.61. The minimum absolute atomic E-state index is 0. The van der Waals surface area contributed by atoms with Crippen molar-refractivity contribution in [3.63, 3.8) is 0 Å². The maximum atomic E-state index is 12.9. The van der Waals surface area contributed by atoms with Crippen LogP contribution in [0.4, 0.5) is 0 Å². The van der Waals surface area contributed by atoms with Crippen LogP contribution in [0.5, 0.6) is 0 Å². The fourth-order valence-corrected chi connectivity index (χ4v) is 4.34. The van der Waals surface area contributed by atoms with Crippen molar-refractivity contribution in [3.8, 4) is 0 Å². The van der Waals surface area contributed by atoms with Gasteiger partial charge < -0.3 is 15.2 Å². The number of sulfonamides is 1. The second-order valence-corrected chi connectivity index (χ2v) is 7.35. The van der Waals surface area contributed by atoms with Crippen molar-refractivity contribution in [2.24, 2.45) is 11.7 Å². The predicted octanol–water partition coefficient (Wildman–Crippen LogP) is 0.651. The highest BCUT2D eigenvalue weighted by Gasteiger charge is 2.35. The second-order valence-electron chi connectivity index (χ2n) is 5.45. The molecule has 8 nitrogen and oxygen atoms in total. The summed E-state index contributed by atoms with van der Waals surface area (Å²) < 4.78 is 36.4. The number of hydrogen-bond donors (Lipinski definition) is 1. The molecule has 25 heavy (non-hydrogen) atoms. The predicted molar refractivity (Wildman–Crippen MR) is 92.3 cm³/mol. The number of nitrogens with two attached hydrogens (primary N) is 1. The van der Waals surface area contributed by atoms with E-state index in [1.54, 1.807) is 0 Å². The lowest BCUT2D eigenvalue weighted by Gasteiger charge is -2.18. The molecule has 0 spiro atoms. The topological polar surface area (TPSA) is 116 Å². The van der Waals surface area contributed by atoms with Crippen molar-refractivity contribution in [2.45, 2.75) is 11.3 Å². The first-order valence-corrected chi connectivity index (χ1v) is 8.80. The lowest BCUT2D eigenvalue weighted by molar-refractivity contribution is 0.0583. The Morgan fingerprint density at radius 1 is 1.24 bits per heavy atom. The highest BCUT2D eigenvalue weighted by Crippen LogP contribution is 2.27. The summed E-state index contributed by atoms with van der Waals surface area (Å²) in [6.07, 6.45) is 0.653. The van der Waals surface area contributed by atoms with Crippen LogP contribution in [0.15, 0.2) is 23.1 Å². The van der Waals surface area contributed by atoms with Gasteiger partial charge >= 0.3 is 11.9 Å². The molecule has 0 aliphatic carbocycles. The van der Waals surface area contributed by atoms with Gasteiger partial charge in [0.15, 0.2) is 0 Å². The van der Waals surface area contributed by atoms with Gasteiger partial charge in [-0.05, 0) is 37.1 Å². The normalized spacial score (nSPS) is 17.6. The van der Waals surface area contributed by atoms with E-state index in [0.717, 1.165) is 13.2 Å². The van der Waals surface area contributed by atoms with E-state index in [1.807, 2.05) is 0 Å². The van der Waals surface area contributed by atoms with Gasteiger partial charge in [0, 0.05) is 13.1 Å². The fraction of sp³-hybridized carbons (Fsp3) is 0.467.